The molecule has 0 fully saturated rings. The molecule has 2 heterocycles. The predicted octanol–water partition coefficient (Wildman–Crippen LogP) is 3.72. The number of amides is 1. The first-order valence-electron chi connectivity index (χ1n) is 8.17. The van der Waals surface area contributed by atoms with E-state index < -0.39 is 0 Å². The van der Waals surface area contributed by atoms with Crippen molar-refractivity contribution in [1.82, 2.24) is 15.1 Å². The quantitative estimate of drug-likeness (QED) is 0.743. The van der Waals surface area contributed by atoms with Crippen molar-refractivity contribution in [3.8, 4) is 5.69 Å². The molecule has 1 aromatic carbocycles. The molecule has 5 nitrogen and oxygen atoms in total. The number of nitrogens with one attached hydrogen (secondary N) is 1. The minimum Gasteiger partial charge on any atom is -0.469 e. The van der Waals surface area contributed by atoms with Crippen LogP contribution in [0.3, 0.4) is 0 Å². The molecule has 0 bridgehead atoms. The fourth-order valence-corrected chi connectivity index (χ4v) is 2.77. The summed E-state index contributed by atoms with van der Waals surface area (Å²) < 4.78 is 20.0. The van der Waals surface area contributed by atoms with Gasteiger partial charge in [-0.2, -0.15) is 5.10 Å². The Balaban J connectivity index is 1.65. The van der Waals surface area contributed by atoms with E-state index in [2.05, 4.69) is 10.4 Å². The summed E-state index contributed by atoms with van der Waals surface area (Å²) in [6.07, 6.45) is 4.27. The number of carbonyl (C=O) groups is 1. The highest BCUT2D eigenvalue weighted by Gasteiger charge is 2.16. The molecule has 1 atom stereocenters. The van der Waals surface area contributed by atoms with Gasteiger partial charge < -0.3 is 9.73 Å². The van der Waals surface area contributed by atoms with Gasteiger partial charge in [0.15, 0.2) is 0 Å². The van der Waals surface area contributed by atoms with Crippen LogP contribution in [0.2, 0.25) is 0 Å². The van der Waals surface area contributed by atoms with E-state index in [0.29, 0.717) is 12.8 Å². The minimum atomic E-state index is -0.286. The lowest BCUT2D eigenvalue weighted by Crippen LogP contribution is -2.27. The van der Waals surface area contributed by atoms with Crippen molar-refractivity contribution in [3.05, 3.63) is 71.7 Å². The molecule has 0 aliphatic rings. The van der Waals surface area contributed by atoms with Crippen LogP contribution < -0.4 is 5.32 Å². The van der Waals surface area contributed by atoms with Gasteiger partial charge in [0.25, 0.3) is 0 Å². The zero-order chi connectivity index (χ0) is 17.8. The van der Waals surface area contributed by atoms with Gasteiger partial charge in [-0.3, -0.25) is 4.79 Å². The fraction of sp³-hybridized carbons (Fsp3) is 0.263. The van der Waals surface area contributed by atoms with Gasteiger partial charge >= 0.3 is 0 Å². The molecular weight excluding hydrogens is 321 g/mol. The largest absolute Gasteiger partial charge is 0.469 e. The molecule has 0 spiro atoms. The van der Waals surface area contributed by atoms with Gasteiger partial charge in [0.2, 0.25) is 5.91 Å². The Morgan fingerprint density at radius 1 is 1.32 bits per heavy atom. The van der Waals surface area contributed by atoms with E-state index in [1.165, 1.54) is 12.1 Å². The Morgan fingerprint density at radius 3 is 2.76 bits per heavy atom. The monoisotopic (exact) mass is 341 g/mol. The van der Waals surface area contributed by atoms with Crippen molar-refractivity contribution in [1.29, 1.82) is 0 Å². The first-order valence-corrected chi connectivity index (χ1v) is 8.17. The summed E-state index contributed by atoms with van der Waals surface area (Å²) in [7, 11) is 0. The van der Waals surface area contributed by atoms with Gasteiger partial charge in [-0.15, -0.1) is 0 Å². The summed E-state index contributed by atoms with van der Waals surface area (Å²) in [6, 6.07) is 9.64. The molecule has 1 unspecified atom stereocenters. The zero-order valence-electron chi connectivity index (χ0n) is 14.2. The fourth-order valence-electron chi connectivity index (χ4n) is 2.77. The van der Waals surface area contributed by atoms with Crippen LogP contribution in [0, 0.1) is 12.7 Å². The number of aromatic nitrogens is 2. The highest BCUT2D eigenvalue weighted by atomic mass is 19.1. The summed E-state index contributed by atoms with van der Waals surface area (Å²) in [4.78, 5) is 12.1. The normalized spacial score (nSPS) is 12.1. The molecule has 0 aliphatic carbocycles. The summed E-state index contributed by atoms with van der Waals surface area (Å²) in [5.41, 5.74) is 2.61. The molecule has 2 aromatic heterocycles. The van der Waals surface area contributed by atoms with E-state index >= 15 is 0 Å². The number of halogens is 1. The maximum absolute atomic E-state index is 13.1. The number of carbonyl (C=O) groups excluding carboxylic acids is 1. The summed E-state index contributed by atoms with van der Waals surface area (Å²) in [6.45, 7) is 3.85. The zero-order valence-corrected chi connectivity index (χ0v) is 14.2. The van der Waals surface area contributed by atoms with Crippen molar-refractivity contribution >= 4 is 5.91 Å². The third kappa shape index (κ3) is 3.96. The molecule has 3 aromatic rings. The molecular formula is C19H20FN3O2. The Bertz CT molecular complexity index is 838. The topological polar surface area (TPSA) is 60.1 Å². The van der Waals surface area contributed by atoms with Gasteiger partial charge in [-0.05, 0) is 50.2 Å². The molecule has 0 saturated carbocycles. The van der Waals surface area contributed by atoms with E-state index in [4.69, 9.17) is 4.42 Å². The van der Waals surface area contributed by atoms with Crippen molar-refractivity contribution in [3.63, 3.8) is 0 Å². The van der Waals surface area contributed by atoms with Crippen LogP contribution in [-0.2, 0) is 11.2 Å². The van der Waals surface area contributed by atoms with Gasteiger partial charge in [-0.25, -0.2) is 9.07 Å². The predicted molar refractivity (Wildman–Crippen MR) is 91.8 cm³/mol. The SMILES string of the molecule is Cc1c(C(C)NC(=O)CCc2ccco2)cnn1-c1ccc(F)cc1. The number of furan rings is 1. The molecule has 130 valence electrons. The summed E-state index contributed by atoms with van der Waals surface area (Å²) >= 11 is 0. The lowest BCUT2D eigenvalue weighted by Gasteiger charge is -2.14. The second-order valence-corrected chi connectivity index (χ2v) is 5.94. The van der Waals surface area contributed by atoms with Crippen LogP contribution in [0.1, 0.15) is 36.4 Å². The molecule has 1 amide bonds. The average Bonchev–Trinajstić information content (AvgIpc) is 3.23. The molecule has 25 heavy (non-hydrogen) atoms. The molecule has 0 saturated heterocycles. The van der Waals surface area contributed by atoms with E-state index in [1.54, 1.807) is 29.3 Å². The van der Waals surface area contributed by atoms with E-state index in [-0.39, 0.29) is 17.8 Å². The van der Waals surface area contributed by atoms with Crippen LogP contribution in [-0.4, -0.2) is 15.7 Å². The van der Waals surface area contributed by atoms with Crippen molar-refractivity contribution in [2.75, 3.05) is 0 Å². The highest BCUT2D eigenvalue weighted by Crippen LogP contribution is 2.20. The Hall–Kier alpha value is -2.89. The number of nitrogens with zero attached hydrogens (tertiary/aromatic N) is 2. The van der Waals surface area contributed by atoms with Crippen molar-refractivity contribution < 1.29 is 13.6 Å². The average molecular weight is 341 g/mol. The highest BCUT2D eigenvalue weighted by molar-refractivity contribution is 5.76. The Kier molecular flexibility index (Phi) is 4.97. The van der Waals surface area contributed by atoms with Gasteiger partial charge in [0.05, 0.1) is 24.2 Å². The van der Waals surface area contributed by atoms with Gasteiger partial charge in [-0.1, -0.05) is 0 Å². The van der Waals surface area contributed by atoms with E-state index in [9.17, 15) is 9.18 Å². The number of benzene rings is 1. The maximum Gasteiger partial charge on any atom is 0.220 e. The van der Waals surface area contributed by atoms with Crippen molar-refractivity contribution in [2.45, 2.75) is 32.7 Å². The maximum atomic E-state index is 13.1. The second kappa shape index (κ2) is 7.34. The van der Waals surface area contributed by atoms with Crippen LogP contribution in [0.4, 0.5) is 4.39 Å². The number of hydrogen-bond acceptors (Lipinski definition) is 3. The van der Waals surface area contributed by atoms with Gasteiger partial charge in [0.1, 0.15) is 11.6 Å². The van der Waals surface area contributed by atoms with E-state index in [1.807, 2.05) is 26.0 Å². The van der Waals surface area contributed by atoms with Crippen molar-refractivity contribution in [2.24, 2.45) is 0 Å². The standard InChI is InChI=1S/C19H20FN3O2/c1-13(22-19(24)10-9-17-4-3-11-25-17)18-12-21-23(14(18)2)16-7-5-15(20)6-8-16/h3-8,11-13H,9-10H2,1-2H3,(H,22,24). The van der Waals surface area contributed by atoms with Crippen LogP contribution >= 0.6 is 0 Å². The third-order valence-electron chi connectivity index (χ3n) is 4.14. The number of hydrogen-bond donors (Lipinski definition) is 1. The second-order valence-electron chi connectivity index (χ2n) is 5.94. The van der Waals surface area contributed by atoms with Crippen LogP contribution in [0.25, 0.3) is 5.69 Å². The lowest BCUT2D eigenvalue weighted by atomic mass is 10.1. The van der Waals surface area contributed by atoms with Gasteiger partial charge in [0, 0.05) is 24.1 Å². The smallest absolute Gasteiger partial charge is 0.220 e. The third-order valence-corrected chi connectivity index (χ3v) is 4.14. The molecule has 0 radical (unpaired) electrons. The minimum absolute atomic E-state index is 0.0437. The summed E-state index contributed by atoms with van der Waals surface area (Å²) in [5.74, 6) is 0.465. The first kappa shape index (κ1) is 17.0. The molecule has 1 N–H and O–H groups in total. The Labute approximate surface area is 145 Å². The number of rotatable bonds is 6. The lowest BCUT2D eigenvalue weighted by molar-refractivity contribution is -0.121. The first-order chi connectivity index (χ1) is 12.0. The Morgan fingerprint density at radius 2 is 2.08 bits per heavy atom. The number of aryl methyl sites for hydroxylation is 1. The molecule has 6 heteroatoms. The van der Waals surface area contributed by atoms with Crippen LogP contribution in [0.15, 0.2) is 53.3 Å². The summed E-state index contributed by atoms with van der Waals surface area (Å²) in [5, 5.41) is 7.34. The molecule has 3 rings (SSSR count). The van der Waals surface area contributed by atoms with Crippen LogP contribution in [0.5, 0.6) is 0 Å². The molecule has 0 aliphatic heterocycles. The van der Waals surface area contributed by atoms with E-state index in [0.717, 1.165) is 22.7 Å².